The van der Waals surface area contributed by atoms with Crippen molar-refractivity contribution < 1.29 is 9.59 Å². The minimum absolute atomic E-state index is 0.0258. The van der Waals surface area contributed by atoms with Crippen molar-refractivity contribution in [1.82, 2.24) is 19.7 Å². The molecule has 1 aliphatic rings. The maximum atomic E-state index is 12.8. The molecule has 0 saturated carbocycles. The second kappa shape index (κ2) is 11.1. The summed E-state index contributed by atoms with van der Waals surface area (Å²) in [5.41, 5.74) is 8.70. The lowest BCUT2D eigenvalue weighted by Gasteiger charge is -2.36. The predicted molar refractivity (Wildman–Crippen MR) is 130 cm³/mol. The second-order valence-corrected chi connectivity index (χ2v) is 8.13. The average molecular weight is 490 g/mol. The van der Waals surface area contributed by atoms with Gasteiger partial charge in [-0.3, -0.25) is 10.2 Å². The molecule has 9 nitrogen and oxygen atoms in total. The molecule has 1 fully saturated rings. The van der Waals surface area contributed by atoms with Crippen LogP contribution in [0, 0.1) is 12.3 Å². The normalized spacial score (nSPS) is 13.4. The Morgan fingerprint density at radius 3 is 2.55 bits per heavy atom. The number of benzene rings is 1. The Kier molecular flexibility index (Phi) is 8.24. The number of alkyl halides is 1. The van der Waals surface area contributed by atoms with Crippen LogP contribution >= 0.6 is 23.2 Å². The molecule has 2 aromatic heterocycles. The van der Waals surface area contributed by atoms with Crippen LogP contribution in [0.3, 0.4) is 0 Å². The number of hydrogen-bond donors (Lipinski definition) is 2. The van der Waals surface area contributed by atoms with Gasteiger partial charge in [0.2, 0.25) is 5.91 Å². The maximum Gasteiger partial charge on any atom is 0.244 e. The van der Waals surface area contributed by atoms with Crippen LogP contribution in [0.1, 0.15) is 11.3 Å². The first-order valence-corrected chi connectivity index (χ1v) is 11.2. The van der Waals surface area contributed by atoms with Gasteiger partial charge in [-0.05, 0) is 42.8 Å². The van der Waals surface area contributed by atoms with Crippen LogP contribution < -0.4 is 10.6 Å². The molecule has 3 aromatic rings. The van der Waals surface area contributed by atoms with E-state index in [4.69, 9.17) is 39.1 Å². The standard InChI is InChI=1S/C20H22ClN7O.C2H3ClO/c1-13-11-14(4-5-16(13)21)26-7-9-27(10-8-26)17(29)12-28-20-15(3-2-6-24-20)18(25-28)19(22)23;3-1-2-4/h2-6,11H,7-10,12H2,1H3,(H3,22,23);2H,1H2. The third kappa shape index (κ3) is 5.80. The van der Waals surface area contributed by atoms with Gasteiger partial charge in [0.15, 0.2) is 5.65 Å². The summed E-state index contributed by atoms with van der Waals surface area (Å²) in [7, 11) is 0. The van der Waals surface area contributed by atoms with E-state index in [1.165, 1.54) is 4.68 Å². The Labute approximate surface area is 201 Å². The number of pyridine rings is 1. The van der Waals surface area contributed by atoms with Crippen molar-refractivity contribution in [2.24, 2.45) is 5.73 Å². The summed E-state index contributed by atoms with van der Waals surface area (Å²) in [6, 6.07) is 9.56. The first-order chi connectivity index (χ1) is 15.8. The van der Waals surface area contributed by atoms with Gasteiger partial charge in [0.1, 0.15) is 24.4 Å². The SMILES string of the molecule is Cc1cc(N2CCN(C(=O)Cn3nc(C(=N)N)c4cccnc43)CC2)ccc1Cl.O=CCCl. The number of rotatable bonds is 5. The van der Waals surface area contributed by atoms with Gasteiger partial charge in [-0.1, -0.05) is 11.6 Å². The summed E-state index contributed by atoms with van der Waals surface area (Å²) < 4.78 is 1.53. The van der Waals surface area contributed by atoms with Crippen LogP contribution in [-0.2, 0) is 16.1 Å². The number of nitrogen functional groups attached to an aromatic ring is 1. The van der Waals surface area contributed by atoms with Gasteiger partial charge in [-0.15, -0.1) is 11.6 Å². The Hall–Kier alpha value is -3.17. The summed E-state index contributed by atoms with van der Waals surface area (Å²) >= 11 is 10.9. The number of amides is 1. The van der Waals surface area contributed by atoms with E-state index in [9.17, 15) is 4.79 Å². The van der Waals surface area contributed by atoms with Crippen LogP contribution in [0.5, 0.6) is 0 Å². The first kappa shape index (κ1) is 24.5. The first-order valence-electron chi connectivity index (χ1n) is 10.3. The van der Waals surface area contributed by atoms with E-state index in [1.807, 2.05) is 24.0 Å². The molecule has 1 saturated heterocycles. The molecule has 0 unspecified atom stereocenters. The van der Waals surface area contributed by atoms with Gasteiger partial charge in [-0.2, -0.15) is 5.10 Å². The minimum Gasteiger partial charge on any atom is -0.382 e. The highest BCUT2D eigenvalue weighted by molar-refractivity contribution is 6.31. The number of aldehydes is 1. The smallest absolute Gasteiger partial charge is 0.244 e. The lowest BCUT2D eigenvalue weighted by molar-refractivity contribution is -0.132. The largest absolute Gasteiger partial charge is 0.382 e. The van der Waals surface area contributed by atoms with Crippen molar-refractivity contribution in [2.45, 2.75) is 13.5 Å². The molecular weight excluding hydrogens is 465 g/mol. The van der Waals surface area contributed by atoms with Crippen molar-refractivity contribution >= 4 is 58.0 Å². The van der Waals surface area contributed by atoms with E-state index >= 15 is 0 Å². The van der Waals surface area contributed by atoms with Crippen molar-refractivity contribution in [3.8, 4) is 0 Å². The zero-order valence-electron chi connectivity index (χ0n) is 18.2. The molecule has 174 valence electrons. The number of aryl methyl sites for hydroxylation is 1. The number of nitrogens with one attached hydrogen (secondary N) is 1. The summed E-state index contributed by atoms with van der Waals surface area (Å²) in [5, 5.41) is 13.5. The molecule has 4 rings (SSSR count). The molecule has 1 amide bonds. The number of hydrogen-bond acceptors (Lipinski definition) is 6. The molecular formula is C22H25Cl2N7O2. The number of nitrogens with zero attached hydrogens (tertiary/aromatic N) is 5. The number of nitrogens with two attached hydrogens (primary N) is 1. The van der Waals surface area contributed by atoms with Gasteiger partial charge in [0.05, 0.1) is 11.3 Å². The van der Waals surface area contributed by atoms with Crippen LogP contribution in [0.2, 0.25) is 5.02 Å². The number of halogens is 2. The Bertz CT molecular complexity index is 1160. The Morgan fingerprint density at radius 1 is 1.24 bits per heavy atom. The summed E-state index contributed by atoms with van der Waals surface area (Å²) in [5.74, 6) is -0.0526. The molecule has 1 aromatic carbocycles. The molecule has 0 bridgehead atoms. The number of aromatic nitrogens is 3. The molecule has 0 radical (unpaired) electrons. The zero-order valence-corrected chi connectivity index (χ0v) is 19.7. The third-order valence-corrected chi connectivity index (χ3v) is 5.80. The van der Waals surface area contributed by atoms with Gasteiger partial charge in [0.25, 0.3) is 0 Å². The fourth-order valence-corrected chi connectivity index (χ4v) is 3.70. The van der Waals surface area contributed by atoms with Crippen molar-refractivity contribution in [1.29, 1.82) is 5.41 Å². The monoisotopic (exact) mass is 489 g/mol. The lowest BCUT2D eigenvalue weighted by Crippen LogP contribution is -2.49. The fraction of sp³-hybridized carbons (Fsp3) is 0.318. The van der Waals surface area contributed by atoms with Crippen molar-refractivity contribution in [3.63, 3.8) is 0 Å². The topological polar surface area (TPSA) is 121 Å². The molecule has 0 atom stereocenters. The average Bonchev–Trinajstić information content (AvgIpc) is 3.20. The fourth-order valence-electron chi connectivity index (χ4n) is 3.59. The van der Waals surface area contributed by atoms with Gasteiger partial charge in [0, 0.05) is 43.1 Å². The summed E-state index contributed by atoms with van der Waals surface area (Å²) in [4.78, 5) is 30.3. The molecule has 3 heterocycles. The zero-order chi connectivity index (χ0) is 24.0. The number of piperazine rings is 1. The van der Waals surface area contributed by atoms with Crippen LogP contribution in [-0.4, -0.2) is 69.8 Å². The Morgan fingerprint density at radius 2 is 1.94 bits per heavy atom. The number of carbonyl (C=O) groups excluding carboxylic acids is 2. The van der Waals surface area contributed by atoms with Crippen LogP contribution in [0.4, 0.5) is 5.69 Å². The molecule has 11 heteroatoms. The number of amidine groups is 1. The van der Waals surface area contributed by atoms with Crippen LogP contribution in [0.25, 0.3) is 11.0 Å². The number of anilines is 1. The van der Waals surface area contributed by atoms with E-state index in [1.54, 1.807) is 18.3 Å². The van der Waals surface area contributed by atoms with E-state index in [2.05, 4.69) is 21.0 Å². The predicted octanol–water partition coefficient (Wildman–Crippen LogP) is 2.45. The van der Waals surface area contributed by atoms with Gasteiger partial charge < -0.3 is 20.3 Å². The highest BCUT2D eigenvalue weighted by Crippen LogP contribution is 2.23. The third-order valence-electron chi connectivity index (χ3n) is 5.25. The highest BCUT2D eigenvalue weighted by Gasteiger charge is 2.23. The number of carbonyl (C=O) groups is 2. The van der Waals surface area contributed by atoms with Crippen LogP contribution in [0.15, 0.2) is 36.5 Å². The molecule has 0 aliphatic carbocycles. The van der Waals surface area contributed by atoms with E-state index in [-0.39, 0.29) is 24.2 Å². The molecule has 33 heavy (non-hydrogen) atoms. The summed E-state index contributed by atoms with van der Waals surface area (Å²) in [6.07, 6.45) is 2.28. The minimum atomic E-state index is -0.138. The molecule has 0 spiro atoms. The maximum absolute atomic E-state index is 12.8. The van der Waals surface area contributed by atoms with E-state index < -0.39 is 0 Å². The molecule has 3 N–H and O–H groups in total. The Balaban J connectivity index is 0.000000709. The second-order valence-electron chi connectivity index (χ2n) is 7.42. The van der Waals surface area contributed by atoms with E-state index in [0.29, 0.717) is 36.1 Å². The molecule has 1 aliphatic heterocycles. The van der Waals surface area contributed by atoms with Gasteiger partial charge >= 0.3 is 0 Å². The lowest BCUT2D eigenvalue weighted by atomic mass is 10.2. The highest BCUT2D eigenvalue weighted by atomic mass is 35.5. The van der Waals surface area contributed by atoms with E-state index in [0.717, 1.165) is 29.4 Å². The van der Waals surface area contributed by atoms with Crippen molar-refractivity contribution in [2.75, 3.05) is 37.0 Å². The van der Waals surface area contributed by atoms with Gasteiger partial charge in [-0.25, -0.2) is 9.67 Å². The summed E-state index contributed by atoms with van der Waals surface area (Å²) in [6.45, 7) is 4.83. The number of fused-ring (bicyclic) bond motifs is 1. The van der Waals surface area contributed by atoms with Crippen molar-refractivity contribution in [3.05, 3.63) is 52.8 Å². The quantitative estimate of drug-likeness (QED) is 0.245.